The first kappa shape index (κ1) is 13.4. The smallest absolute Gasteiger partial charge is 0.342 e. The summed E-state index contributed by atoms with van der Waals surface area (Å²) < 4.78 is 0. The number of nitro groups is 1. The molecule has 1 amide bonds. The van der Waals surface area contributed by atoms with Gasteiger partial charge in [-0.2, -0.15) is 0 Å². The molecular weight excluding hydrogens is 242 g/mol. The van der Waals surface area contributed by atoms with Gasteiger partial charge >= 0.3 is 5.97 Å². The molecule has 0 aliphatic carbocycles. The minimum atomic E-state index is -1.39. The van der Waals surface area contributed by atoms with Crippen LogP contribution in [0.3, 0.4) is 0 Å². The summed E-state index contributed by atoms with van der Waals surface area (Å²) in [6.45, 7) is 1.49. The van der Waals surface area contributed by atoms with E-state index in [9.17, 15) is 19.7 Å². The van der Waals surface area contributed by atoms with Gasteiger partial charge in [0.1, 0.15) is 11.6 Å². The highest BCUT2D eigenvalue weighted by Gasteiger charge is 2.20. The van der Waals surface area contributed by atoms with Gasteiger partial charge < -0.3 is 16.2 Å². The first-order valence-electron chi connectivity index (χ1n) is 4.90. The number of nitro benzene ring substituents is 1. The predicted molar refractivity (Wildman–Crippen MR) is 62.3 cm³/mol. The standard InChI is InChI=1S/C10H11N3O5/c1-5(9(11)14)12-6-2-3-7(10(15)16)8(4-6)13(17)18/h2-5,12H,1H3,(H2,11,14)(H,15,16). The summed E-state index contributed by atoms with van der Waals surface area (Å²) in [5.41, 5.74) is 4.31. The van der Waals surface area contributed by atoms with Crippen molar-refractivity contribution in [2.45, 2.75) is 13.0 Å². The molecule has 0 aromatic heterocycles. The number of amides is 1. The van der Waals surface area contributed by atoms with Gasteiger partial charge in [-0.1, -0.05) is 0 Å². The molecule has 0 saturated heterocycles. The van der Waals surface area contributed by atoms with Crippen LogP contribution in [0.2, 0.25) is 0 Å². The number of carboxylic acid groups (broad SMARTS) is 1. The zero-order valence-corrected chi connectivity index (χ0v) is 9.41. The second-order valence-electron chi connectivity index (χ2n) is 3.56. The number of carbonyl (C=O) groups excluding carboxylic acids is 1. The fourth-order valence-corrected chi connectivity index (χ4v) is 1.27. The van der Waals surface area contributed by atoms with Crippen molar-refractivity contribution in [1.82, 2.24) is 0 Å². The molecule has 1 rings (SSSR count). The number of nitrogens with zero attached hydrogens (tertiary/aromatic N) is 1. The summed E-state index contributed by atoms with van der Waals surface area (Å²) in [7, 11) is 0. The molecule has 4 N–H and O–H groups in total. The van der Waals surface area contributed by atoms with Crippen molar-refractivity contribution < 1.29 is 19.6 Å². The number of aromatic carboxylic acids is 1. The molecule has 96 valence electrons. The van der Waals surface area contributed by atoms with E-state index in [1.807, 2.05) is 0 Å². The third kappa shape index (κ3) is 2.94. The van der Waals surface area contributed by atoms with Crippen LogP contribution in [0.4, 0.5) is 11.4 Å². The van der Waals surface area contributed by atoms with E-state index in [4.69, 9.17) is 10.8 Å². The van der Waals surface area contributed by atoms with E-state index >= 15 is 0 Å². The maximum absolute atomic E-state index is 10.8. The number of benzene rings is 1. The Morgan fingerprint density at radius 2 is 2.11 bits per heavy atom. The molecule has 0 saturated carbocycles. The van der Waals surface area contributed by atoms with Crippen molar-refractivity contribution in [3.63, 3.8) is 0 Å². The number of nitrogens with one attached hydrogen (secondary N) is 1. The quantitative estimate of drug-likeness (QED) is 0.518. The van der Waals surface area contributed by atoms with Crippen LogP contribution in [0.15, 0.2) is 18.2 Å². The lowest BCUT2D eigenvalue weighted by molar-refractivity contribution is -0.385. The van der Waals surface area contributed by atoms with Gasteiger partial charge in [0.15, 0.2) is 0 Å². The fraction of sp³-hybridized carbons (Fsp3) is 0.200. The second-order valence-corrected chi connectivity index (χ2v) is 3.56. The Bertz CT molecular complexity index is 514. The number of carbonyl (C=O) groups is 2. The van der Waals surface area contributed by atoms with Crippen molar-refractivity contribution in [1.29, 1.82) is 0 Å². The first-order chi connectivity index (χ1) is 8.32. The van der Waals surface area contributed by atoms with Crippen molar-refractivity contribution in [3.05, 3.63) is 33.9 Å². The van der Waals surface area contributed by atoms with Crippen molar-refractivity contribution >= 4 is 23.3 Å². The van der Waals surface area contributed by atoms with Gasteiger partial charge in [-0.05, 0) is 19.1 Å². The molecule has 1 aromatic carbocycles. The predicted octanol–water partition coefficient (Wildman–Crippen LogP) is 0.579. The normalized spacial score (nSPS) is 11.6. The Labute approximate surface area is 102 Å². The van der Waals surface area contributed by atoms with Gasteiger partial charge in [-0.3, -0.25) is 14.9 Å². The minimum Gasteiger partial charge on any atom is -0.477 e. The Kier molecular flexibility index (Phi) is 3.82. The van der Waals surface area contributed by atoms with Crippen molar-refractivity contribution in [2.75, 3.05) is 5.32 Å². The number of carboxylic acids is 1. The summed E-state index contributed by atoms with van der Waals surface area (Å²) in [6, 6.07) is 2.75. The molecule has 8 heteroatoms. The van der Waals surface area contributed by atoms with E-state index in [0.29, 0.717) is 0 Å². The number of anilines is 1. The lowest BCUT2D eigenvalue weighted by atomic mass is 10.1. The third-order valence-corrected chi connectivity index (χ3v) is 2.23. The first-order valence-corrected chi connectivity index (χ1v) is 4.90. The molecule has 0 spiro atoms. The maximum Gasteiger partial charge on any atom is 0.342 e. The van der Waals surface area contributed by atoms with Gasteiger partial charge in [0.05, 0.1) is 4.92 Å². The number of hydrogen-bond donors (Lipinski definition) is 3. The van der Waals surface area contributed by atoms with Crippen molar-refractivity contribution in [2.24, 2.45) is 5.73 Å². The second kappa shape index (κ2) is 5.13. The molecule has 1 aromatic rings. The SMILES string of the molecule is CC(Nc1ccc(C(=O)O)c([N+](=O)[O-])c1)C(N)=O. The summed E-state index contributed by atoms with van der Waals surface area (Å²) in [5, 5.41) is 22.1. The van der Waals surface area contributed by atoms with Crippen LogP contribution in [-0.2, 0) is 4.79 Å². The molecule has 1 unspecified atom stereocenters. The van der Waals surface area contributed by atoms with Crippen molar-refractivity contribution in [3.8, 4) is 0 Å². The van der Waals surface area contributed by atoms with Gasteiger partial charge in [0.25, 0.3) is 5.69 Å². The Morgan fingerprint density at radius 1 is 1.50 bits per heavy atom. The molecule has 0 aliphatic heterocycles. The number of nitrogens with two attached hydrogens (primary N) is 1. The van der Waals surface area contributed by atoms with E-state index in [1.165, 1.54) is 13.0 Å². The highest BCUT2D eigenvalue weighted by molar-refractivity contribution is 5.93. The van der Waals surface area contributed by atoms with E-state index in [-0.39, 0.29) is 5.69 Å². The molecule has 8 nitrogen and oxygen atoms in total. The summed E-state index contributed by atoms with van der Waals surface area (Å²) in [5.74, 6) is -2.02. The molecule has 1 atom stereocenters. The zero-order valence-electron chi connectivity index (χ0n) is 9.41. The monoisotopic (exact) mass is 253 g/mol. The van der Waals surface area contributed by atoms with E-state index < -0.39 is 34.1 Å². The highest BCUT2D eigenvalue weighted by atomic mass is 16.6. The molecule has 0 radical (unpaired) electrons. The molecular formula is C10H11N3O5. The van der Waals surface area contributed by atoms with Crippen LogP contribution < -0.4 is 11.1 Å². The lowest BCUT2D eigenvalue weighted by Crippen LogP contribution is -2.32. The number of primary amides is 1. The highest BCUT2D eigenvalue weighted by Crippen LogP contribution is 2.23. The van der Waals surface area contributed by atoms with Gasteiger partial charge in [-0.15, -0.1) is 0 Å². The summed E-state index contributed by atoms with van der Waals surface area (Å²) in [4.78, 5) is 31.5. The van der Waals surface area contributed by atoms with Crippen LogP contribution in [0.5, 0.6) is 0 Å². The largest absolute Gasteiger partial charge is 0.477 e. The van der Waals surface area contributed by atoms with Gasteiger partial charge in [-0.25, -0.2) is 4.79 Å². The molecule has 18 heavy (non-hydrogen) atoms. The fourth-order valence-electron chi connectivity index (χ4n) is 1.27. The molecule has 0 heterocycles. The average Bonchev–Trinajstić information content (AvgIpc) is 2.28. The van der Waals surface area contributed by atoms with Crippen LogP contribution >= 0.6 is 0 Å². The van der Waals surface area contributed by atoms with E-state index in [0.717, 1.165) is 12.1 Å². The Balaban J connectivity index is 3.11. The van der Waals surface area contributed by atoms with Crippen LogP contribution in [-0.4, -0.2) is 27.9 Å². The van der Waals surface area contributed by atoms with Gasteiger partial charge in [0.2, 0.25) is 5.91 Å². The van der Waals surface area contributed by atoms with Gasteiger partial charge in [0, 0.05) is 11.8 Å². The molecule has 0 bridgehead atoms. The topological polar surface area (TPSA) is 136 Å². The number of hydrogen-bond acceptors (Lipinski definition) is 5. The average molecular weight is 253 g/mol. The van der Waals surface area contributed by atoms with Crippen LogP contribution in [0, 0.1) is 10.1 Å². The Morgan fingerprint density at radius 3 is 2.56 bits per heavy atom. The third-order valence-electron chi connectivity index (χ3n) is 2.23. The Hall–Kier alpha value is -2.64. The lowest BCUT2D eigenvalue weighted by Gasteiger charge is -2.11. The molecule has 0 aliphatic rings. The minimum absolute atomic E-state index is 0.248. The molecule has 0 fully saturated rings. The zero-order chi connectivity index (χ0) is 13.9. The number of rotatable bonds is 5. The van der Waals surface area contributed by atoms with E-state index in [2.05, 4.69) is 5.32 Å². The summed E-state index contributed by atoms with van der Waals surface area (Å²) >= 11 is 0. The summed E-state index contributed by atoms with van der Waals surface area (Å²) in [6.07, 6.45) is 0. The van der Waals surface area contributed by atoms with E-state index in [1.54, 1.807) is 0 Å². The maximum atomic E-state index is 10.8. The van der Waals surface area contributed by atoms with Crippen LogP contribution in [0.25, 0.3) is 0 Å². The van der Waals surface area contributed by atoms with Crippen LogP contribution in [0.1, 0.15) is 17.3 Å².